The van der Waals surface area contributed by atoms with E-state index in [9.17, 15) is 34.5 Å². The SMILES string of the molecule is CC(C)[C@H](NC(=O)c1ccc(O)cc1)C(=O)N1CCC[C@@H]1C(=O)Nc1c(O)cccc1C(=O)O. The van der Waals surface area contributed by atoms with Gasteiger partial charge >= 0.3 is 5.97 Å². The molecule has 0 unspecified atom stereocenters. The summed E-state index contributed by atoms with van der Waals surface area (Å²) < 4.78 is 0. The van der Waals surface area contributed by atoms with Crippen molar-refractivity contribution >= 4 is 29.4 Å². The van der Waals surface area contributed by atoms with Crippen molar-refractivity contribution in [3.63, 3.8) is 0 Å². The van der Waals surface area contributed by atoms with E-state index in [0.29, 0.717) is 19.4 Å². The molecule has 0 radical (unpaired) electrons. The minimum atomic E-state index is -1.32. The lowest BCUT2D eigenvalue weighted by Gasteiger charge is -2.30. The highest BCUT2D eigenvalue weighted by Crippen LogP contribution is 2.29. The van der Waals surface area contributed by atoms with Gasteiger partial charge in [0.05, 0.1) is 11.3 Å². The number of nitrogens with one attached hydrogen (secondary N) is 2. The van der Waals surface area contributed by atoms with E-state index in [1.807, 2.05) is 0 Å². The summed E-state index contributed by atoms with van der Waals surface area (Å²) in [6.45, 7) is 3.83. The number of rotatable bonds is 7. The van der Waals surface area contributed by atoms with Crippen LogP contribution in [0.25, 0.3) is 0 Å². The first kappa shape index (κ1) is 24.6. The Bertz CT molecular complexity index is 1100. The monoisotopic (exact) mass is 469 g/mol. The summed E-state index contributed by atoms with van der Waals surface area (Å²) in [5.41, 5.74) is -0.237. The number of carboxylic acids is 1. The van der Waals surface area contributed by atoms with Gasteiger partial charge in [0.15, 0.2) is 0 Å². The average molecular weight is 469 g/mol. The number of amides is 3. The first-order chi connectivity index (χ1) is 16.1. The van der Waals surface area contributed by atoms with Crippen LogP contribution in [0.4, 0.5) is 5.69 Å². The first-order valence-electron chi connectivity index (χ1n) is 10.9. The second-order valence-electron chi connectivity index (χ2n) is 8.43. The van der Waals surface area contributed by atoms with Crippen LogP contribution in [0.5, 0.6) is 11.5 Å². The van der Waals surface area contributed by atoms with E-state index in [4.69, 9.17) is 0 Å². The normalized spacial score (nSPS) is 16.2. The molecule has 0 spiro atoms. The molecule has 2 aromatic carbocycles. The molecule has 5 N–H and O–H groups in total. The molecule has 1 aliphatic heterocycles. The second kappa shape index (κ2) is 10.2. The van der Waals surface area contributed by atoms with Gasteiger partial charge < -0.3 is 30.9 Å². The number of aromatic hydroxyl groups is 2. The van der Waals surface area contributed by atoms with Crippen LogP contribution < -0.4 is 10.6 Å². The zero-order chi connectivity index (χ0) is 25.0. The summed E-state index contributed by atoms with van der Waals surface area (Å²) in [5.74, 6) is -3.54. The number of hydrogen-bond acceptors (Lipinski definition) is 6. The van der Waals surface area contributed by atoms with Crippen molar-refractivity contribution in [2.24, 2.45) is 5.92 Å². The van der Waals surface area contributed by atoms with Crippen molar-refractivity contribution in [1.82, 2.24) is 10.2 Å². The van der Waals surface area contributed by atoms with Crippen LogP contribution in [0.15, 0.2) is 42.5 Å². The summed E-state index contributed by atoms with van der Waals surface area (Å²) in [5, 5.41) is 34.0. The Balaban J connectivity index is 1.77. The molecule has 1 fully saturated rings. The molecule has 2 atom stereocenters. The lowest BCUT2D eigenvalue weighted by Crippen LogP contribution is -2.54. The molecule has 1 heterocycles. The molecular formula is C24H27N3O7. The lowest BCUT2D eigenvalue weighted by atomic mass is 10.0. The predicted octanol–water partition coefficient (Wildman–Crippen LogP) is 2.18. The van der Waals surface area contributed by atoms with Gasteiger partial charge in [0.2, 0.25) is 11.8 Å². The molecule has 34 heavy (non-hydrogen) atoms. The Hall–Kier alpha value is -4.08. The van der Waals surface area contributed by atoms with Crippen molar-refractivity contribution in [3.8, 4) is 11.5 Å². The summed E-state index contributed by atoms with van der Waals surface area (Å²) >= 11 is 0. The van der Waals surface area contributed by atoms with Crippen molar-refractivity contribution in [2.45, 2.75) is 38.8 Å². The van der Waals surface area contributed by atoms with Crippen molar-refractivity contribution < 1.29 is 34.5 Å². The first-order valence-corrected chi connectivity index (χ1v) is 10.9. The molecule has 0 aliphatic carbocycles. The van der Waals surface area contributed by atoms with Gasteiger partial charge in [-0.15, -0.1) is 0 Å². The fourth-order valence-corrected chi connectivity index (χ4v) is 3.89. The molecule has 0 saturated carbocycles. The number of phenols is 2. The highest BCUT2D eigenvalue weighted by Gasteiger charge is 2.39. The van der Waals surface area contributed by atoms with E-state index in [-0.39, 0.29) is 28.5 Å². The van der Waals surface area contributed by atoms with Crippen LogP contribution in [-0.2, 0) is 9.59 Å². The number of carbonyl (C=O) groups excluding carboxylic acids is 3. The fourth-order valence-electron chi connectivity index (χ4n) is 3.89. The molecule has 0 bridgehead atoms. The van der Waals surface area contributed by atoms with E-state index in [1.165, 1.54) is 47.4 Å². The van der Waals surface area contributed by atoms with Gasteiger partial charge in [0.1, 0.15) is 23.6 Å². The predicted molar refractivity (Wildman–Crippen MR) is 123 cm³/mol. The number of hydrogen-bond donors (Lipinski definition) is 5. The van der Waals surface area contributed by atoms with Gasteiger partial charge in [-0.3, -0.25) is 14.4 Å². The lowest BCUT2D eigenvalue weighted by molar-refractivity contribution is -0.139. The molecule has 3 amide bonds. The third-order valence-electron chi connectivity index (χ3n) is 5.71. The van der Waals surface area contributed by atoms with Crippen molar-refractivity contribution in [3.05, 3.63) is 53.6 Å². The largest absolute Gasteiger partial charge is 0.508 e. The van der Waals surface area contributed by atoms with Gasteiger partial charge in [-0.05, 0) is 55.2 Å². The maximum atomic E-state index is 13.4. The van der Waals surface area contributed by atoms with Gasteiger partial charge in [0.25, 0.3) is 5.91 Å². The smallest absolute Gasteiger partial charge is 0.337 e. The van der Waals surface area contributed by atoms with E-state index in [2.05, 4.69) is 10.6 Å². The molecule has 180 valence electrons. The maximum absolute atomic E-state index is 13.4. The van der Waals surface area contributed by atoms with Crippen LogP contribution in [-0.4, -0.2) is 62.5 Å². The van der Waals surface area contributed by atoms with E-state index < -0.39 is 41.5 Å². The molecule has 0 aromatic heterocycles. The standard InChI is InChI=1S/C24H27N3O7/c1-13(2)19(25-21(30)14-8-10-15(28)11-9-14)23(32)27-12-4-6-17(27)22(31)26-20-16(24(33)34)5-3-7-18(20)29/h3,5,7-11,13,17,19,28-29H,4,6,12H2,1-2H3,(H,25,30)(H,26,31)(H,33,34)/t17-,19+/m1/s1. The van der Waals surface area contributed by atoms with Crippen LogP contribution in [0.1, 0.15) is 47.4 Å². The number of carbonyl (C=O) groups is 4. The Morgan fingerprint density at radius 2 is 1.71 bits per heavy atom. The number of nitrogens with zero attached hydrogens (tertiary/aromatic N) is 1. The Kier molecular flexibility index (Phi) is 7.40. The van der Waals surface area contributed by atoms with Crippen LogP contribution in [0.2, 0.25) is 0 Å². The van der Waals surface area contributed by atoms with Crippen LogP contribution >= 0.6 is 0 Å². The molecule has 10 nitrogen and oxygen atoms in total. The summed E-state index contributed by atoms with van der Waals surface area (Å²) in [7, 11) is 0. The van der Waals surface area contributed by atoms with E-state index in [0.717, 1.165) is 0 Å². The zero-order valence-corrected chi connectivity index (χ0v) is 18.8. The molecular weight excluding hydrogens is 442 g/mol. The van der Waals surface area contributed by atoms with Gasteiger partial charge in [0, 0.05) is 12.1 Å². The average Bonchev–Trinajstić information content (AvgIpc) is 3.28. The Labute approximate surface area is 196 Å². The molecule has 1 aliphatic rings. The highest BCUT2D eigenvalue weighted by molar-refractivity contribution is 6.05. The minimum absolute atomic E-state index is 0.00876. The highest BCUT2D eigenvalue weighted by atomic mass is 16.4. The summed E-state index contributed by atoms with van der Waals surface area (Å²) in [6.07, 6.45) is 0.900. The minimum Gasteiger partial charge on any atom is -0.508 e. The topological polar surface area (TPSA) is 156 Å². The van der Waals surface area contributed by atoms with Crippen LogP contribution in [0.3, 0.4) is 0 Å². The summed E-state index contributed by atoms with van der Waals surface area (Å²) in [4.78, 5) is 51.9. The number of aromatic carboxylic acids is 1. The quantitative estimate of drug-likeness (QED) is 0.389. The number of likely N-dealkylation sites (tertiary alicyclic amines) is 1. The van der Waals surface area contributed by atoms with Gasteiger partial charge in [-0.2, -0.15) is 0 Å². The number of phenolic OH excluding ortho intramolecular Hbond substituents is 2. The third-order valence-corrected chi connectivity index (χ3v) is 5.71. The Morgan fingerprint density at radius 1 is 1.03 bits per heavy atom. The fraction of sp³-hybridized carbons (Fsp3) is 0.333. The Morgan fingerprint density at radius 3 is 2.32 bits per heavy atom. The number of carboxylic acid groups (broad SMARTS) is 1. The van der Waals surface area contributed by atoms with Crippen molar-refractivity contribution in [1.29, 1.82) is 0 Å². The zero-order valence-electron chi connectivity index (χ0n) is 18.8. The maximum Gasteiger partial charge on any atom is 0.337 e. The van der Waals surface area contributed by atoms with Crippen LogP contribution in [0, 0.1) is 5.92 Å². The second-order valence-corrected chi connectivity index (χ2v) is 8.43. The van der Waals surface area contributed by atoms with E-state index >= 15 is 0 Å². The molecule has 3 rings (SSSR count). The van der Waals surface area contributed by atoms with Gasteiger partial charge in [-0.1, -0.05) is 19.9 Å². The molecule has 2 aromatic rings. The van der Waals surface area contributed by atoms with Crippen molar-refractivity contribution in [2.75, 3.05) is 11.9 Å². The number of anilines is 1. The summed E-state index contributed by atoms with van der Waals surface area (Å²) in [6, 6.07) is 7.67. The van der Waals surface area contributed by atoms with Gasteiger partial charge in [-0.25, -0.2) is 4.79 Å². The number of benzene rings is 2. The molecule has 1 saturated heterocycles. The number of para-hydroxylation sites is 1. The van der Waals surface area contributed by atoms with E-state index in [1.54, 1.807) is 13.8 Å². The molecule has 10 heteroatoms. The third kappa shape index (κ3) is 5.28.